The molecule has 0 aliphatic rings. The Kier molecular flexibility index (Phi) is 5.38. The molecule has 17 heavy (non-hydrogen) atoms. The summed E-state index contributed by atoms with van der Waals surface area (Å²) in [6.07, 6.45) is 2.65. The van der Waals surface area contributed by atoms with E-state index in [2.05, 4.69) is 24.1 Å². The summed E-state index contributed by atoms with van der Waals surface area (Å²) in [4.78, 5) is 4.25. The second-order valence-corrected chi connectivity index (χ2v) is 4.55. The fourth-order valence-corrected chi connectivity index (χ4v) is 1.31. The Morgan fingerprint density at radius 3 is 2.82 bits per heavy atom. The number of anilines is 1. The molecule has 0 unspecified atom stereocenters. The third kappa shape index (κ3) is 5.15. The Bertz CT molecular complexity index is 340. The Morgan fingerprint density at radius 1 is 1.41 bits per heavy atom. The van der Waals surface area contributed by atoms with E-state index in [1.54, 1.807) is 13.3 Å². The summed E-state index contributed by atoms with van der Waals surface area (Å²) in [5.74, 6) is 0. The van der Waals surface area contributed by atoms with Gasteiger partial charge in [0, 0.05) is 32.6 Å². The molecule has 0 fully saturated rings. The Hall–Kier alpha value is -1.13. The van der Waals surface area contributed by atoms with E-state index in [9.17, 15) is 0 Å². The molecule has 1 aromatic rings. The van der Waals surface area contributed by atoms with E-state index in [-0.39, 0.29) is 5.60 Å². The van der Waals surface area contributed by atoms with Crippen molar-refractivity contribution in [3.05, 3.63) is 24.0 Å². The molecule has 0 bridgehead atoms. The number of hydrogen-bond donors (Lipinski definition) is 1. The molecule has 96 valence electrons. The summed E-state index contributed by atoms with van der Waals surface area (Å²) >= 11 is 0. The van der Waals surface area contributed by atoms with E-state index in [0.717, 1.165) is 17.8 Å². The largest absolute Gasteiger partial charge is 0.388 e. The average Bonchev–Trinajstić information content (AvgIpc) is 2.35. The van der Waals surface area contributed by atoms with E-state index in [1.165, 1.54) is 0 Å². The summed E-state index contributed by atoms with van der Waals surface area (Å²) in [6, 6.07) is 3.92. The molecule has 0 atom stereocenters. The van der Waals surface area contributed by atoms with Crippen molar-refractivity contribution in [1.82, 2.24) is 4.98 Å². The molecular weight excluding hydrogens is 216 g/mol. The van der Waals surface area contributed by atoms with Crippen LogP contribution in [0.4, 0.5) is 5.69 Å². The van der Waals surface area contributed by atoms with Crippen LogP contribution in [-0.2, 0) is 16.1 Å². The molecule has 1 heterocycles. The summed E-state index contributed by atoms with van der Waals surface area (Å²) in [7, 11) is 3.61. The molecule has 0 radical (unpaired) electrons. The van der Waals surface area contributed by atoms with Gasteiger partial charge in [0.15, 0.2) is 0 Å². The van der Waals surface area contributed by atoms with E-state index in [4.69, 9.17) is 9.47 Å². The van der Waals surface area contributed by atoms with Crippen LogP contribution in [0.5, 0.6) is 0 Å². The van der Waals surface area contributed by atoms with E-state index < -0.39 is 0 Å². The summed E-state index contributed by atoms with van der Waals surface area (Å²) in [6.45, 7) is 5.31. The van der Waals surface area contributed by atoms with Crippen LogP contribution in [0.25, 0.3) is 0 Å². The molecule has 1 aromatic heterocycles. The van der Waals surface area contributed by atoms with Gasteiger partial charge in [0.2, 0.25) is 0 Å². The topological polar surface area (TPSA) is 43.4 Å². The Balaban J connectivity index is 2.31. The number of methoxy groups -OCH3 is 1. The molecule has 0 amide bonds. The predicted molar refractivity (Wildman–Crippen MR) is 69.1 cm³/mol. The molecular formula is C13H22N2O2. The number of rotatable bonds is 7. The third-order valence-corrected chi connectivity index (χ3v) is 2.76. The Morgan fingerprint density at radius 2 is 2.18 bits per heavy atom. The van der Waals surface area contributed by atoms with Gasteiger partial charge < -0.3 is 14.8 Å². The minimum atomic E-state index is -0.125. The first kappa shape index (κ1) is 13.9. The molecule has 0 saturated heterocycles. The zero-order valence-corrected chi connectivity index (χ0v) is 11.1. The number of nitrogens with zero attached hydrogens (tertiary/aromatic N) is 1. The minimum absolute atomic E-state index is 0.125. The highest BCUT2D eigenvalue weighted by Gasteiger charge is 2.15. The maximum Gasteiger partial charge on any atom is 0.0888 e. The molecule has 0 aliphatic heterocycles. The zero-order chi connectivity index (χ0) is 12.7. The van der Waals surface area contributed by atoms with Gasteiger partial charge in [0.05, 0.1) is 17.9 Å². The van der Waals surface area contributed by atoms with Crippen LogP contribution in [0.1, 0.15) is 26.0 Å². The van der Waals surface area contributed by atoms with Crippen LogP contribution in [0.15, 0.2) is 18.3 Å². The third-order valence-electron chi connectivity index (χ3n) is 2.76. The van der Waals surface area contributed by atoms with Crippen molar-refractivity contribution in [2.45, 2.75) is 32.5 Å². The van der Waals surface area contributed by atoms with Crippen molar-refractivity contribution in [2.75, 3.05) is 26.1 Å². The van der Waals surface area contributed by atoms with Crippen molar-refractivity contribution in [3.8, 4) is 0 Å². The highest BCUT2D eigenvalue weighted by Crippen LogP contribution is 2.13. The summed E-state index contributed by atoms with van der Waals surface area (Å²) in [5.41, 5.74) is 1.86. The quantitative estimate of drug-likeness (QED) is 0.741. The lowest BCUT2D eigenvalue weighted by Crippen LogP contribution is -2.24. The standard InChI is InChI=1S/C13H22N2O2/c1-13(2,16-4)6-8-17-10-12-9-11(14-3)5-7-15-12/h5,7,9H,6,8,10H2,1-4H3,(H,14,15). The number of aromatic nitrogens is 1. The molecule has 0 aromatic carbocycles. The zero-order valence-electron chi connectivity index (χ0n) is 11.1. The van der Waals surface area contributed by atoms with Crippen molar-refractivity contribution in [1.29, 1.82) is 0 Å². The lowest BCUT2D eigenvalue weighted by atomic mass is 10.1. The van der Waals surface area contributed by atoms with Crippen LogP contribution < -0.4 is 5.32 Å². The van der Waals surface area contributed by atoms with Gasteiger partial charge in [0.25, 0.3) is 0 Å². The first-order valence-corrected chi connectivity index (χ1v) is 5.83. The normalized spacial score (nSPS) is 11.5. The van der Waals surface area contributed by atoms with Crippen LogP contribution in [0.2, 0.25) is 0 Å². The van der Waals surface area contributed by atoms with Crippen LogP contribution >= 0.6 is 0 Å². The fourth-order valence-electron chi connectivity index (χ4n) is 1.31. The van der Waals surface area contributed by atoms with E-state index >= 15 is 0 Å². The van der Waals surface area contributed by atoms with Gasteiger partial charge in [-0.2, -0.15) is 0 Å². The van der Waals surface area contributed by atoms with Crippen molar-refractivity contribution < 1.29 is 9.47 Å². The van der Waals surface area contributed by atoms with Crippen LogP contribution in [0, 0.1) is 0 Å². The van der Waals surface area contributed by atoms with Gasteiger partial charge in [-0.3, -0.25) is 4.98 Å². The summed E-state index contributed by atoms with van der Waals surface area (Å²) < 4.78 is 10.9. The number of hydrogen-bond acceptors (Lipinski definition) is 4. The van der Waals surface area contributed by atoms with Crippen LogP contribution in [0.3, 0.4) is 0 Å². The van der Waals surface area contributed by atoms with Crippen LogP contribution in [-0.4, -0.2) is 31.3 Å². The number of nitrogens with one attached hydrogen (secondary N) is 1. The SMILES string of the molecule is CNc1ccnc(COCCC(C)(C)OC)c1. The first-order valence-electron chi connectivity index (χ1n) is 5.83. The van der Waals surface area contributed by atoms with Gasteiger partial charge in [-0.1, -0.05) is 0 Å². The monoisotopic (exact) mass is 238 g/mol. The van der Waals surface area contributed by atoms with Crippen molar-refractivity contribution in [2.24, 2.45) is 0 Å². The average molecular weight is 238 g/mol. The maximum absolute atomic E-state index is 5.59. The molecule has 4 heteroatoms. The van der Waals surface area contributed by atoms with Crippen molar-refractivity contribution in [3.63, 3.8) is 0 Å². The van der Waals surface area contributed by atoms with E-state index in [1.807, 2.05) is 19.2 Å². The minimum Gasteiger partial charge on any atom is -0.388 e. The van der Waals surface area contributed by atoms with Gasteiger partial charge in [-0.25, -0.2) is 0 Å². The van der Waals surface area contributed by atoms with Crippen molar-refractivity contribution >= 4 is 5.69 Å². The van der Waals surface area contributed by atoms with Gasteiger partial charge in [0.1, 0.15) is 0 Å². The second kappa shape index (κ2) is 6.57. The molecule has 0 spiro atoms. The van der Waals surface area contributed by atoms with Gasteiger partial charge in [-0.15, -0.1) is 0 Å². The predicted octanol–water partition coefficient (Wildman–Crippen LogP) is 2.46. The lowest BCUT2D eigenvalue weighted by Gasteiger charge is -2.22. The Labute approximate surface area is 103 Å². The molecule has 0 saturated carbocycles. The molecule has 0 aliphatic carbocycles. The molecule has 4 nitrogen and oxygen atoms in total. The van der Waals surface area contributed by atoms with E-state index in [0.29, 0.717) is 13.2 Å². The maximum atomic E-state index is 5.59. The smallest absolute Gasteiger partial charge is 0.0888 e. The number of pyridine rings is 1. The summed E-state index contributed by atoms with van der Waals surface area (Å²) in [5, 5.41) is 3.08. The van der Waals surface area contributed by atoms with Gasteiger partial charge in [-0.05, 0) is 32.4 Å². The van der Waals surface area contributed by atoms with Gasteiger partial charge >= 0.3 is 0 Å². The molecule has 1 N–H and O–H groups in total. The second-order valence-electron chi connectivity index (χ2n) is 4.55. The fraction of sp³-hybridized carbons (Fsp3) is 0.615. The molecule has 1 rings (SSSR count). The first-order chi connectivity index (χ1) is 8.07. The highest BCUT2D eigenvalue weighted by molar-refractivity contribution is 5.42. The number of ether oxygens (including phenoxy) is 2. The lowest BCUT2D eigenvalue weighted by molar-refractivity contribution is -0.0128. The highest BCUT2D eigenvalue weighted by atomic mass is 16.5.